The molecule has 4 unspecified atom stereocenters. The molecule has 0 saturated heterocycles. The summed E-state index contributed by atoms with van der Waals surface area (Å²) < 4.78 is 0. The summed E-state index contributed by atoms with van der Waals surface area (Å²) in [5.41, 5.74) is 13.2. The smallest absolute Gasteiger partial charge is 0.326 e. The zero-order valence-electron chi connectivity index (χ0n) is 24.7. The predicted molar refractivity (Wildman–Crippen MR) is 163 cm³/mol. The third kappa shape index (κ3) is 9.83. The number of nitrogens with one attached hydrogen (secondary N) is 4. The van der Waals surface area contributed by atoms with Crippen LogP contribution < -0.4 is 27.4 Å². The number of primary amides is 1. The number of aromatic nitrogens is 1. The number of benzene rings is 2. The zero-order chi connectivity index (χ0) is 32.4. The van der Waals surface area contributed by atoms with Gasteiger partial charge in [-0.1, -0.05) is 44.2 Å². The molecule has 4 atom stereocenters. The Morgan fingerprint density at radius 3 is 2.05 bits per heavy atom. The quantitative estimate of drug-likeness (QED) is 0.116. The number of rotatable bonds is 16. The first kappa shape index (κ1) is 33.6. The van der Waals surface area contributed by atoms with Gasteiger partial charge in [0.1, 0.15) is 23.9 Å². The molecule has 0 aliphatic rings. The minimum absolute atomic E-state index is 0.0112. The number of hydrogen-bond acceptors (Lipinski definition) is 7. The van der Waals surface area contributed by atoms with Gasteiger partial charge in [0, 0.05) is 36.4 Å². The molecule has 2 aromatic carbocycles. The van der Waals surface area contributed by atoms with Crippen LogP contribution in [0.2, 0.25) is 0 Å². The lowest BCUT2D eigenvalue weighted by Gasteiger charge is -2.26. The van der Waals surface area contributed by atoms with Crippen molar-refractivity contribution in [2.24, 2.45) is 17.4 Å². The largest absolute Gasteiger partial charge is 0.508 e. The Morgan fingerprint density at radius 2 is 1.43 bits per heavy atom. The molecule has 1 heterocycles. The fourth-order valence-electron chi connectivity index (χ4n) is 4.75. The molecule has 0 aliphatic heterocycles. The second kappa shape index (κ2) is 15.5. The summed E-state index contributed by atoms with van der Waals surface area (Å²) >= 11 is 0. The summed E-state index contributed by atoms with van der Waals surface area (Å²) in [6.45, 7) is 3.66. The van der Waals surface area contributed by atoms with Crippen molar-refractivity contribution >= 4 is 40.5 Å². The Hall–Kier alpha value is -4.91. The highest BCUT2D eigenvalue weighted by atomic mass is 16.4. The minimum atomic E-state index is -1.21. The zero-order valence-corrected chi connectivity index (χ0v) is 24.7. The van der Waals surface area contributed by atoms with Gasteiger partial charge in [0.2, 0.25) is 23.6 Å². The van der Waals surface area contributed by atoms with Crippen molar-refractivity contribution in [2.45, 2.75) is 70.1 Å². The number of amides is 4. The van der Waals surface area contributed by atoms with Crippen molar-refractivity contribution in [3.05, 3.63) is 65.9 Å². The molecule has 0 saturated carbocycles. The van der Waals surface area contributed by atoms with E-state index >= 15 is 0 Å². The average molecular weight is 609 g/mol. The van der Waals surface area contributed by atoms with Crippen LogP contribution in [0.15, 0.2) is 54.7 Å². The van der Waals surface area contributed by atoms with Crippen molar-refractivity contribution in [3.63, 3.8) is 0 Å². The van der Waals surface area contributed by atoms with Gasteiger partial charge in [0.25, 0.3) is 0 Å². The van der Waals surface area contributed by atoms with Crippen LogP contribution in [0.1, 0.15) is 44.2 Å². The first-order chi connectivity index (χ1) is 20.8. The molecule has 0 aliphatic carbocycles. The third-order valence-corrected chi connectivity index (χ3v) is 7.10. The summed E-state index contributed by atoms with van der Waals surface area (Å²) in [6.07, 6.45) is 1.73. The Kier molecular flexibility index (Phi) is 11.9. The summed E-state index contributed by atoms with van der Waals surface area (Å²) in [5, 5.41) is 28.1. The Balaban J connectivity index is 1.90. The second-order valence-electron chi connectivity index (χ2n) is 11.2. The number of fused-ring (bicyclic) bond motifs is 1. The van der Waals surface area contributed by atoms with E-state index in [4.69, 9.17) is 11.5 Å². The van der Waals surface area contributed by atoms with Gasteiger partial charge >= 0.3 is 5.97 Å². The lowest BCUT2D eigenvalue weighted by atomic mass is 10.00. The minimum Gasteiger partial charge on any atom is -0.508 e. The van der Waals surface area contributed by atoms with Crippen molar-refractivity contribution in [3.8, 4) is 5.75 Å². The van der Waals surface area contributed by atoms with Crippen LogP contribution >= 0.6 is 0 Å². The topological polar surface area (TPSA) is 230 Å². The van der Waals surface area contributed by atoms with Gasteiger partial charge in [-0.05, 0) is 48.1 Å². The molecule has 0 bridgehead atoms. The number of carbonyl (C=O) groups excluding carboxylic acids is 4. The van der Waals surface area contributed by atoms with Crippen molar-refractivity contribution in [1.29, 1.82) is 0 Å². The number of phenolic OH excluding ortho intramolecular Hbond substituents is 1. The normalized spacial score (nSPS) is 13.9. The first-order valence-corrected chi connectivity index (χ1v) is 14.3. The number of phenols is 1. The lowest BCUT2D eigenvalue weighted by molar-refractivity contribution is -0.142. The highest BCUT2D eigenvalue weighted by Gasteiger charge is 2.31. The van der Waals surface area contributed by atoms with Crippen LogP contribution in [0, 0.1) is 5.92 Å². The molecule has 236 valence electrons. The van der Waals surface area contributed by atoms with E-state index in [-0.39, 0.29) is 43.8 Å². The SMILES string of the molecule is CC(C)CC(NC(=O)C(Cc1c[nH]c2ccccc12)NC(=O)C(Cc1ccc(O)cc1)NC(=O)C(N)CCC(N)=O)C(=O)O. The molecule has 3 aromatic rings. The van der Waals surface area contributed by atoms with Crippen molar-refractivity contribution in [1.82, 2.24) is 20.9 Å². The van der Waals surface area contributed by atoms with E-state index < -0.39 is 53.8 Å². The maximum atomic E-state index is 13.7. The van der Waals surface area contributed by atoms with Crippen molar-refractivity contribution in [2.75, 3.05) is 0 Å². The average Bonchev–Trinajstić information content (AvgIpc) is 3.38. The lowest BCUT2D eigenvalue weighted by Crippen LogP contribution is -2.58. The number of para-hydroxylation sites is 1. The van der Waals surface area contributed by atoms with Gasteiger partial charge in [-0.2, -0.15) is 0 Å². The predicted octanol–water partition coefficient (Wildman–Crippen LogP) is 0.837. The fraction of sp³-hybridized carbons (Fsp3) is 0.387. The first-order valence-electron chi connectivity index (χ1n) is 14.3. The van der Waals surface area contributed by atoms with E-state index in [1.807, 2.05) is 38.1 Å². The maximum Gasteiger partial charge on any atom is 0.326 e. The second-order valence-corrected chi connectivity index (χ2v) is 11.2. The van der Waals surface area contributed by atoms with E-state index in [9.17, 15) is 34.2 Å². The van der Waals surface area contributed by atoms with Crippen molar-refractivity contribution < 1.29 is 34.2 Å². The standard InChI is InChI=1S/C31H40N6O7/c1-17(2)13-26(31(43)44)37-30(42)25(15-19-16-34-23-6-4-3-5-21(19)23)36-29(41)24(14-18-7-9-20(38)10-8-18)35-28(40)22(32)11-12-27(33)39/h3-10,16-17,22,24-26,34,38H,11-15,32H2,1-2H3,(H2,33,39)(H,35,40)(H,36,41)(H,37,42)(H,43,44). The number of H-pyrrole nitrogens is 1. The van der Waals surface area contributed by atoms with Crippen LogP contribution in [0.3, 0.4) is 0 Å². The monoisotopic (exact) mass is 608 g/mol. The molecule has 13 nitrogen and oxygen atoms in total. The van der Waals surface area contributed by atoms with Crippen LogP contribution in [0.25, 0.3) is 10.9 Å². The fourth-order valence-corrected chi connectivity index (χ4v) is 4.75. The number of aliphatic carboxylic acids is 1. The molecule has 3 rings (SSSR count). The van der Waals surface area contributed by atoms with Gasteiger partial charge in [-0.15, -0.1) is 0 Å². The third-order valence-electron chi connectivity index (χ3n) is 7.10. The van der Waals surface area contributed by atoms with E-state index in [1.54, 1.807) is 18.3 Å². The highest BCUT2D eigenvalue weighted by Crippen LogP contribution is 2.20. The number of hydrogen-bond donors (Lipinski definition) is 8. The molecule has 10 N–H and O–H groups in total. The summed E-state index contributed by atoms with van der Waals surface area (Å²) in [4.78, 5) is 66.4. The van der Waals surface area contributed by atoms with E-state index in [0.29, 0.717) is 11.1 Å². The van der Waals surface area contributed by atoms with Crippen LogP contribution in [0.5, 0.6) is 5.75 Å². The molecule has 0 spiro atoms. The Labute approximate surface area is 254 Å². The molecule has 1 aromatic heterocycles. The van der Waals surface area contributed by atoms with Gasteiger partial charge in [0.05, 0.1) is 6.04 Å². The number of carbonyl (C=O) groups is 5. The molecule has 44 heavy (non-hydrogen) atoms. The van der Waals surface area contributed by atoms with Crippen LogP contribution in [-0.2, 0) is 36.8 Å². The summed E-state index contributed by atoms with van der Waals surface area (Å²) in [7, 11) is 0. The van der Waals surface area contributed by atoms with E-state index in [1.165, 1.54) is 12.1 Å². The summed E-state index contributed by atoms with van der Waals surface area (Å²) in [5.74, 6) is -3.97. The van der Waals surface area contributed by atoms with E-state index in [2.05, 4.69) is 20.9 Å². The van der Waals surface area contributed by atoms with Gasteiger partial charge in [-0.25, -0.2) is 4.79 Å². The number of carboxylic acid groups (broad SMARTS) is 1. The molecule has 0 radical (unpaired) electrons. The number of nitrogens with two attached hydrogens (primary N) is 2. The molecule has 4 amide bonds. The number of carboxylic acids is 1. The highest BCUT2D eigenvalue weighted by molar-refractivity contribution is 5.95. The Morgan fingerprint density at radius 1 is 0.841 bits per heavy atom. The maximum absolute atomic E-state index is 13.7. The van der Waals surface area contributed by atoms with Gasteiger partial charge in [0.15, 0.2) is 0 Å². The number of aromatic amines is 1. The van der Waals surface area contributed by atoms with Gasteiger partial charge in [-0.3, -0.25) is 19.2 Å². The van der Waals surface area contributed by atoms with Crippen LogP contribution in [0.4, 0.5) is 0 Å². The number of aromatic hydroxyl groups is 1. The molecular weight excluding hydrogens is 568 g/mol. The van der Waals surface area contributed by atoms with Gasteiger partial charge < -0.3 is 42.6 Å². The Bertz CT molecular complexity index is 1470. The molecule has 13 heteroatoms. The van der Waals surface area contributed by atoms with E-state index in [0.717, 1.165) is 10.9 Å². The molecular formula is C31H40N6O7. The summed E-state index contributed by atoms with van der Waals surface area (Å²) in [6, 6.07) is 8.69. The van der Waals surface area contributed by atoms with Crippen LogP contribution in [-0.4, -0.2) is 69.0 Å². The molecule has 0 fully saturated rings.